The number of nitrogens with one attached hydrogen (secondary N) is 1. The van der Waals surface area contributed by atoms with E-state index in [1.807, 2.05) is 25.1 Å². The molecule has 0 saturated heterocycles. The van der Waals surface area contributed by atoms with E-state index >= 15 is 0 Å². The number of para-hydroxylation sites is 2. The van der Waals surface area contributed by atoms with Crippen LogP contribution in [0.5, 0.6) is 28.7 Å². The number of nitrogens with zero attached hydrogens (tertiary/aromatic N) is 1. The van der Waals surface area contributed by atoms with Gasteiger partial charge in [-0.3, -0.25) is 9.59 Å². The van der Waals surface area contributed by atoms with Crippen molar-refractivity contribution in [3.8, 4) is 28.7 Å². The van der Waals surface area contributed by atoms with Crippen molar-refractivity contribution >= 4 is 17.5 Å². The van der Waals surface area contributed by atoms with E-state index in [1.165, 1.54) is 14.2 Å². The first-order chi connectivity index (χ1) is 18.4. The largest absolute Gasteiger partial charge is 0.493 e. The maximum Gasteiger partial charge on any atom is 0.254 e. The molecule has 0 unspecified atom stereocenters. The van der Waals surface area contributed by atoms with Crippen LogP contribution in [0.25, 0.3) is 0 Å². The lowest BCUT2D eigenvalue weighted by atomic mass is 9.79. The van der Waals surface area contributed by atoms with Crippen LogP contribution < -0.4 is 29.0 Å². The fourth-order valence-electron chi connectivity index (χ4n) is 4.85. The highest BCUT2D eigenvalue weighted by atomic mass is 16.5. The van der Waals surface area contributed by atoms with E-state index in [0.717, 1.165) is 0 Å². The molecule has 1 heterocycles. The van der Waals surface area contributed by atoms with Gasteiger partial charge in [-0.15, -0.1) is 0 Å². The summed E-state index contributed by atoms with van der Waals surface area (Å²) in [5, 5.41) is 3.03. The Kier molecular flexibility index (Phi) is 7.95. The Bertz CT molecular complexity index is 1340. The lowest BCUT2D eigenvalue weighted by Gasteiger charge is -2.40. The first-order valence-corrected chi connectivity index (χ1v) is 12.2. The minimum atomic E-state index is -0.805. The maximum absolute atomic E-state index is 14.1. The Morgan fingerprint density at radius 2 is 1.47 bits per heavy atom. The number of hydrogen-bond acceptors (Lipinski definition) is 7. The highest BCUT2D eigenvalue weighted by Gasteiger charge is 2.44. The summed E-state index contributed by atoms with van der Waals surface area (Å²) in [4.78, 5) is 29.3. The number of carbonyl (C=O) groups excluding carboxylic acids is 2. The van der Waals surface area contributed by atoms with Crippen molar-refractivity contribution in [3.05, 3.63) is 71.3 Å². The molecule has 2 atom stereocenters. The highest BCUT2D eigenvalue weighted by molar-refractivity contribution is 6.05. The summed E-state index contributed by atoms with van der Waals surface area (Å²) in [5.74, 6) is 1.04. The topological polar surface area (TPSA) is 95.6 Å². The highest BCUT2D eigenvalue weighted by Crippen LogP contribution is 2.47. The summed E-state index contributed by atoms with van der Waals surface area (Å²) in [5.41, 5.74) is 2.13. The molecule has 9 heteroatoms. The van der Waals surface area contributed by atoms with Crippen LogP contribution in [0.2, 0.25) is 0 Å². The van der Waals surface area contributed by atoms with E-state index in [2.05, 4.69) is 5.32 Å². The first-order valence-electron chi connectivity index (χ1n) is 12.2. The molecule has 2 amide bonds. The number of rotatable bonds is 9. The average molecular weight is 521 g/mol. The Balaban J connectivity index is 1.90. The molecule has 0 aliphatic carbocycles. The van der Waals surface area contributed by atoms with Crippen LogP contribution in [0, 0.1) is 0 Å². The van der Waals surface area contributed by atoms with Gasteiger partial charge in [0.15, 0.2) is 23.0 Å². The molecule has 1 aliphatic rings. The molecular formula is C29H32N2O7. The molecule has 38 heavy (non-hydrogen) atoms. The second kappa shape index (κ2) is 11.3. The van der Waals surface area contributed by atoms with Crippen molar-refractivity contribution in [2.24, 2.45) is 0 Å². The van der Waals surface area contributed by atoms with Gasteiger partial charge >= 0.3 is 0 Å². The van der Waals surface area contributed by atoms with Crippen LogP contribution in [-0.2, 0) is 4.79 Å². The molecule has 0 saturated carbocycles. The minimum Gasteiger partial charge on any atom is -0.493 e. The standard InChI is InChI=1S/C29H32N2O7/c1-7-38-21-11-9-8-10-20(21)30-28(32)26-18-15-24(36-5)25(37-6)16-19(18)29(33)31(2)27(26)17-12-13-22(34-3)23(14-17)35-4/h8-16,26-27H,7H2,1-6H3,(H,30,32)/t26-,27+/m1/s1. The smallest absolute Gasteiger partial charge is 0.254 e. The first kappa shape index (κ1) is 26.7. The lowest BCUT2D eigenvalue weighted by molar-refractivity contribution is -0.119. The molecule has 3 aromatic carbocycles. The second-order valence-corrected chi connectivity index (χ2v) is 8.67. The third kappa shape index (κ3) is 4.79. The molecule has 3 aromatic rings. The fraction of sp³-hybridized carbons (Fsp3) is 0.310. The Labute approximate surface area is 222 Å². The number of methoxy groups -OCH3 is 4. The van der Waals surface area contributed by atoms with Gasteiger partial charge in [-0.2, -0.15) is 0 Å². The van der Waals surface area contributed by atoms with Gasteiger partial charge < -0.3 is 33.9 Å². The molecule has 0 aromatic heterocycles. The zero-order chi connectivity index (χ0) is 27.4. The van der Waals surface area contributed by atoms with Gasteiger partial charge in [0, 0.05) is 12.6 Å². The molecular weight excluding hydrogens is 488 g/mol. The molecule has 1 N–H and O–H groups in total. The van der Waals surface area contributed by atoms with Crippen LogP contribution in [0.15, 0.2) is 54.6 Å². The molecule has 0 fully saturated rings. The Morgan fingerprint density at radius 3 is 2.13 bits per heavy atom. The number of benzene rings is 3. The number of fused-ring (bicyclic) bond motifs is 1. The Morgan fingerprint density at radius 1 is 0.842 bits per heavy atom. The van der Waals surface area contributed by atoms with Gasteiger partial charge in [-0.05, 0) is 54.4 Å². The number of likely N-dealkylation sites (N-methyl/N-ethyl adjacent to an activating group) is 1. The minimum absolute atomic E-state index is 0.250. The molecule has 0 spiro atoms. The van der Waals surface area contributed by atoms with Gasteiger partial charge in [-0.25, -0.2) is 0 Å². The zero-order valence-electron chi connectivity index (χ0n) is 22.4. The predicted molar refractivity (Wildman–Crippen MR) is 143 cm³/mol. The molecule has 0 bridgehead atoms. The number of ether oxygens (including phenoxy) is 5. The van der Waals surface area contributed by atoms with Crippen LogP contribution in [0.1, 0.15) is 40.4 Å². The summed E-state index contributed by atoms with van der Waals surface area (Å²) >= 11 is 0. The van der Waals surface area contributed by atoms with Crippen molar-refractivity contribution in [2.45, 2.75) is 18.9 Å². The summed E-state index contributed by atoms with van der Waals surface area (Å²) in [6, 6.07) is 15.3. The summed E-state index contributed by atoms with van der Waals surface area (Å²) < 4.78 is 27.6. The third-order valence-corrected chi connectivity index (χ3v) is 6.65. The zero-order valence-corrected chi connectivity index (χ0v) is 22.4. The van der Waals surface area contributed by atoms with Gasteiger partial charge in [-0.1, -0.05) is 18.2 Å². The van der Waals surface area contributed by atoms with Crippen molar-refractivity contribution < 1.29 is 33.3 Å². The van der Waals surface area contributed by atoms with E-state index in [4.69, 9.17) is 23.7 Å². The van der Waals surface area contributed by atoms with E-state index < -0.39 is 12.0 Å². The molecule has 4 rings (SSSR count). The maximum atomic E-state index is 14.1. The van der Waals surface area contributed by atoms with Crippen molar-refractivity contribution in [3.63, 3.8) is 0 Å². The lowest BCUT2D eigenvalue weighted by Crippen LogP contribution is -2.44. The van der Waals surface area contributed by atoms with Crippen LogP contribution in [0.4, 0.5) is 5.69 Å². The van der Waals surface area contributed by atoms with Gasteiger partial charge in [0.2, 0.25) is 5.91 Å². The molecule has 1 aliphatic heterocycles. The van der Waals surface area contributed by atoms with E-state index in [0.29, 0.717) is 57.7 Å². The summed E-state index contributed by atoms with van der Waals surface area (Å²) in [7, 11) is 7.79. The third-order valence-electron chi connectivity index (χ3n) is 6.65. The number of hydrogen-bond donors (Lipinski definition) is 1. The van der Waals surface area contributed by atoms with Gasteiger partial charge in [0.25, 0.3) is 5.91 Å². The molecule has 9 nitrogen and oxygen atoms in total. The van der Waals surface area contributed by atoms with Crippen LogP contribution in [-0.4, -0.2) is 58.8 Å². The second-order valence-electron chi connectivity index (χ2n) is 8.67. The monoisotopic (exact) mass is 520 g/mol. The molecule has 0 radical (unpaired) electrons. The van der Waals surface area contributed by atoms with Crippen molar-refractivity contribution in [2.75, 3.05) is 47.4 Å². The summed E-state index contributed by atoms with van der Waals surface area (Å²) in [6.07, 6.45) is 0. The van der Waals surface area contributed by atoms with Crippen LogP contribution in [0.3, 0.4) is 0 Å². The van der Waals surface area contributed by atoms with E-state index in [1.54, 1.807) is 62.6 Å². The quantitative estimate of drug-likeness (QED) is 0.438. The molecule has 200 valence electrons. The summed E-state index contributed by atoms with van der Waals surface area (Å²) in [6.45, 7) is 2.32. The normalized spacial score (nSPS) is 16.4. The Hall–Kier alpha value is -4.40. The number of amides is 2. The number of anilines is 1. The average Bonchev–Trinajstić information content (AvgIpc) is 2.94. The van der Waals surface area contributed by atoms with E-state index in [-0.39, 0.29) is 11.8 Å². The van der Waals surface area contributed by atoms with Crippen molar-refractivity contribution in [1.29, 1.82) is 0 Å². The predicted octanol–water partition coefficient (Wildman–Crippen LogP) is 4.67. The van der Waals surface area contributed by atoms with Crippen molar-refractivity contribution in [1.82, 2.24) is 4.90 Å². The van der Waals surface area contributed by atoms with Crippen LogP contribution >= 0.6 is 0 Å². The van der Waals surface area contributed by atoms with Gasteiger partial charge in [0.05, 0.1) is 52.7 Å². The fourth-order valence-corrected chi connectivity index (χ4v) is 4.85. The SMILES string of the molecule is CCOc1ccccc1NC(=O)[C@@H]1c2cc(OC)c(OC)cc2C(=O)N(C)[C@H]1c1ccc(OC)c(OC)c1. The number of carbonyl (C=O) groups is 2. The van der Waals surface area contributed by atoms with E-state index in [9.17, 15) is 9.59 Å². The van der Waals surface area contributed by atoms with Gasteiger partial charge in [0.1, 0.15) is 5.75 Å².